The predicted octanol–water partition coefficient (Wildman–Crippen LogP) is 6.54. The number of carbonyl (C=O) groups excluding carboxylic acids is 1. The lowest BCUT2D eigenvalue weighted by Crippen LogP contribution is -2.28. The Bertz CT molecular complexity index is 890. The van der Waals surface area contributed by atoms with Crippen molar-refractivity contribution < 1.29 is 13.9 Å². The Hall–Kier alpha value is -2.56. The van der Waals surface area contributed by atoms with E-state index in [0.29, 0.717) is 30.9 Å². The maximum absolute atomic E-state index is 14.4. The molecule has 0 heterocycles. The molecular weight excluding hydrogens is 403 g/mol. The molecule has 5 heteroatoms. The van der Waals surface area contributed by atoms with Crippen LogP contribution in [-0.4, -0.2) is 19.1 Å². The van der Waals surface area contributed by atoms with Gasteiger partial charge in [-0.3, -0.25) is 4.79 Å². The molecule has 2 rings (SSSR count). The zero-order chi connectivity index (χ0) is 23.7. The summed E-state index contributed by atoms with van der Waals surface area (Å²) in [4.78, 5) is 12.8. The molecule has 1 atom stereocenters. The van der Waals surface area contributed by atoms with Gasteiger partial charge in [-0.05, 0) is 54.5 Å². The Kier molecular flexibility index (Phi) is 9.55. The van der Waals surface area contributed by atoms with Gasteiger partial charge < -0.3 is 15.4 Å². The highest BCUT2D eigenvalue weighted by atomic mass is 19.1. The summed E-state index contributed by atoms with van der Waals surface area (Å²) >= 11 is 0. The minimum Gasteiger partial charge on any atom is -0.493 e. The van der Waals surface area contributed by atoms with Crippen LogP contribution in [0.1, 0.15) is 83.4 Å². The fourth-order valence-corrected chi connectivity index (χ4v) is 3.32. The van der Waals surface area contributed by atoms with Crippen molar-refractivity contribution in [3.05, 3.63) is 58.9 Å². The van der Waals surface area contributed by atoms with E-state index in [-0.39, 0.29) is 17.1 Å². The van der Waals surface area contributed by atoms with Crippen LogP contribution in [0.2, 0.25) is 0 Å². The number of benzene rings is 2. The molecule has 2 aromatic rings. The van der Waals surface area contributed by atoms with Gasteiger partial charge in [-0.25, -0.2) is 4.39 Å². The van der Waals surface area contributed by atoms with Gasteiger partial charge >= 0.3 is 0 Å². The van der Waals surface area contributed by atoms with Crippen LogP contribution in [0.3, 0.4) is 0 Å². The molecule has 0 fully saturated rings. The second-order valence-electron chi connectivity index (χ2n) is 9.38. The summed E-state index contributed by atoms with van der Waals surface area (Å²) in [5.41, 5.74) is 3.28. The number of hydrogen-bond donors (Lipinski definition) is 2. The topological polar surface area (TPSA) is 50.4 Å². The molecule has 4 nitrogen and oxygen atoms in total. The molecule has 0 bridgehead atoms. The largest absolute Gasteiger partial charge is 0.493 e. The first-order valence-electron chi connectivity index (χ1n) is 11.7. The highest BCUT2D eigenvalue weighted by Crippen LogP contribution is 2.29. The minimum atomic E-state index is -0.456. The minimum absolute atomic E-state index is 0.0153. The van der Waals surface area contributed by atoms with Crippen LogP contribution < -0.4 is 15.4 Å². The van der Waals surface area contributed by atoms with Crippen LogP contribution in [0.25, 0.3) is 0 Å². The third kappa shape index (κ3) is 7.25. The van der Waals surface area contributed by atoms with E-state index in [0.717, 1.165) is 30.6 Å². The predicted molar refractivity (Wildman–Crippen MR) is 131 cm³/mol. The van der Waals surface area contributed by atoms with Crippen molar-refractivity contribution in [1.82, 2.24) is 5.32 Å². The fourth-order valence-electron chi connectivity index (χ4n) is 3.32. The van der Waals surface area contributed by atoms with Crippen molar-refractivity contribution in [3.8, 4) is 5.75 Å². The van der Waals surface area contributed by atoms with Gasteiger partial charge in [0.25, 0.3) is 0 Å². The number of ether oxygens (including phenoxy) is 1. The van der Waals surface area contributed by atoms with E-state index in [1.165, 1.54) is 11.6 Å². The average Bonchev–Trinajstić information content (AvgIpc) is 2.76. The SMILES string of the molecule is CCCCOc1cc(C(C)(C)C)ccc1CNC(=O)C(C)c1ccc(NCCC)c(F)c1. The average molecular weight is 443 g/mol. The second-order valence-corrected chi connectivity index (χ2v) is 9.38. The number of halogens is 1. The van der Waals surface area contributed by atoms with Crippen LogP contribution in [0.5, 0.6) is 5.75 Å². The van der Waals surface area contributed by atoms with Gasteiger partial charge in [-0.15, -0.1) is 0 Å². The number of unbranched alkanes of at least 4 members (excludes halogenated alkanes) is 1. The molecule has 1 unspecified atom stereocenters. The van der Waals surface area contributed by atoms with Crippen molar-refractivity contribution in [2.45, 2.75) is 78.7 Å². The van der Waals surface area contributed by atoms with Gasteiger partial charge in [0, 0.05) is 18.7 Å². The smallest absolute Gasteiger partial charge is 0.227 e. The van der Waals surface area contributed by atoms with Crippen LogP contribution in [-0.2, 0) is 16.8 Å². The molecule has 0 spiro atoms. The van der Waals surface area contributed by atoms with Gasteiger partial charge in [0.05, 0.1) is 18.2 Å². The molecule has 2 N–H and O–H groups in total. The van der Waals surface area contributed by atoms with Crippen LogP contribution in [0, 0.1) is 5.82 Å². The number of hydrogen-bond acceptors (Lipinski definition) is 3. The molecule has 0 saturated carbocycles. The summed E-state index contributed by atoms with van der Waals surface area (Å²) in [5, 5.41) is 6.05. The lowest BCUT2D eigenvalue weighted by atomic mass is 9.86. The summed E-state index contributed by atoms with van der Waals surface area (Å²) in [5.74, 6) is -0.114. The summed E-state index contributed by atoms with van der Waals surface area (Å²) in [6, 6.07) is 11.2. The van der Waals surface area contributed by atoms with E-state index in [1.54, 1.807) is 13.0 Å². The summed E-state index contributed by atoms with van der Waals surface area (Å²) in [7, 11) is 0. The first-order chi connectivity index (χ1) is 15.2. The Morgan fingerprint density at radius 2 is 1.84 bits per heavy atom. The van der Waals surface area contributed by atoms with Crippen molar-refractivity contribution in [1.29, 1.82) is 0 Å². The van der Waals surface area contributed by atoms with Gasteiger partial charge in [-0.1, -0.05) is 59.2 Å². The Morgan fingerprint density at radius 3 is 2.47 bits per heavy atom. The molecule has 0 aliphatic heterocycles. The number of rotatable bonds is 11. The van der Waals surface area contributed by atoms with E-state index >= 15 is 0 Å². The summed E-state index contributed by atoms with van der Waals surface area (Å²) < 4.78 is 20.4. The molecule has 0 aliphatic carbocycles. The molecule has 2 aromatic carbocycles. The molecule has 0 radical (unpaired) electrons. The highest BCUT2D eigenvalue weighted by Gasteiger charge is 2.19. The molecule has 32 heavy (non-hydrogen) atoms. The van der Waals surface area contributed by atoms with Crippen molar-refractivity contribution in [2.24, 2.45) is 0 Å². The monoisotopic (exact) mass is 442 g/mol. The molecule has 1 amide bonds. The van der Waals surface area contributed by atoms with Gasteiger partial charge in [0.2, 0.25) is 5.91 Å². The van der Waals surface area contributed by atoms with Gasteiger partial charge in [-0.2, -0.15) is 0 Å². The van der Waals surface area contributed by atoms with Crippen molar-refractivity contribution >= 4 is 11.6 Å². The Balaban J connectivity index is 2.09. The first kappa shape index (κ1) is 25.7. The van der Waals surface area contributed by atoms with Gasteiger partial charge in [0.1, 0.15) is 11.6 Å². The zero-order valence-electron chi connectivity index (χ0n) is 20.5. The molecular formula is C27H39FN2O2. The van der Waals surface area contributed by atoms with Crippen LogP contribution in [0.4, 0.5) is 10.1 Å². The fraction of sp³-hybridized carbons (Fsp3) is 0.519. The zero-order valence-corrected chi connectivity index (χ0v) is 20.5. The maximum Gasteiger partial charge on any atom is 0.227 e. The van der Waals surface area contributed by atoms with E-state index in [4.69, 9.17) is 4.74 Å². The summed E-state index contributed by atoms with van der Waals surface area (Å²) in [6.07, 6.45) is 2.96. The summed E-state index contributed by atoms with van der Waals surface area (Å²) in [6.45, 7) is 14.2. The number of nitrogens with one attached hydrogen (secondary N) is 2. The van der Waals surface area contributed by atoms with Gasteiger partial charge in [0.15, 0.2) is 0 Å². The lowest BCUT2D eigenvalue weighted by Gasteiger charge is -2.22. The molecule has 0 aromatic heterocycles. The highest BCUT2D eigenvalue weighted by molar-refractivity contribution is 5.83. The normalized spacial score (nSPS) is 12.3. The van der Waals surface area contributed by atoms with E-state index in [2.05, 4.69) is 50.5 Å². The standard InChI is InChI=1S/C27H39FN2O2/c1-7-9-15-32-25-17-22(27(4,5)6)12-10-21(25)18-30-26(31)19(3)20-11-13-24(23(28)16-20)29-14-8-2/h10-13,16-17,19,29H,7-9,14-15,18H2,1-6H3,(H,30,31). The third-order valence-corrected chi connectivity index (χ3v) is 5.59. The van der Waals surface area contributed by atoms with E-state index < -0.39 is 5.92 Å². The molecule has 176 valence electrons. The first-order valence-corrected chi connectivity index (χ1v) is 11.7. The Labute approximate surface area is 193 Å². The van der Waals surface area contributed by atoms with Crippen molar-refractivity contribution in [2.75, 3.05) is 18.5 Å². The number of amides is 1. The molecule has 0 aliphatic rings. The number of carbonyl (C=O) groups is 1. The van der Waals surface area contributed by atoms with Crippen LogP contribution in [0.15, 0.2) is 36.4 Å². The lowest BCUT2D eigenvalue weighted by molar-refractivity contribution is -0.122. The van der Waals surface area contributed by atoms with Crippen LogP contribution >= 0.6 is 0 Å². The Morgan fingerprint density at radius 1 is 1.09 bits per heavy atom. The van der Waals surface area contributed by atoms with Crippen molar-refractivity contribution in [3.63, 3.8) is 0 Å². The second kappa shape index (κ2) is 11.9. The van der Waals surface area contributed by atoms with E-state index in [9.17, 15) is 9.18 Å². The number of anilines is 1. The third-order valence-electron chi connectivity index (χ3n) is 5.59. The molecule has 0 saturated heterocycles. The quantitative estimate of drug-likeness (QED) is 0.388. The van der Waals surface area contributed by atoms with E-state index in [1.807, 2.05) is 19.1 Å². The maximum atomic E-state index is 14.4.